The molecule has 0 amide bonds. The molecule has 100 valence electrons. The SMILES string of the molecule is CC(C)(C)C1=NN=C(N)/C1=N/Nc1cccc(F)c1. The van der Waals surface area contributed by atoms with Crippen molar-refractivity contribution < 1.29 is 4.39 Å². The molecule has 0 aliphatic carbocycles. The molecule has 0 atom stereocenters. The molecule has 6 heteroatoms. The summed E-state index contributed by atoms with van der Waals surface area (Å²) in [4.78, 5) is 0. The zero-order chi connectivity index (χ0) is 14.0. The molecular weight excluding hydrogens is 245 g/mol. The van der Waals surface area contributed by atoms with Crippen LogP contribution in [0.5, 0.6) is 0 Å². The fourth-order valence-corrected chi connectivity index (χ4v) is 1.61. The van der Waals surface area contributed by atoms with E-state index in [1.54, 1.807) is 12.1 Å². The number of hydrogen-bond donors (Lipinski definition) is 2. The van der Waals surface area contributed by atoms with E-state index in [4.69, 9.17) is 5.73 Å². The van der Waals surface area contributed by atoms with Gasteiger partial charge >= 0.3 is 0 Å². The van der Waals surface area contributed by atoms with Crippen LogP contribution in [-0.4, -0.2) is 17.3 Å². The second kappa shape index (κ2) is 4.79. The van der Waals surface area contributed by atoms with Crippen LogP contribution in [0.1, 0.15) is 20.8 Å². The molecule has 0 radical (unpaired) electrons. The Balaban J connectivity index is 2.23. The Hall–Kier alpha value is -2.24. The first-order chi connectivity index (χ1) is 8.88. The molecule has 1 heterocycles. The summed E-state index contributed by atoms with van der Waals surface area (Å²) in [7, 11) is 0. The van der Waals surface area contributed by atoms with Gasteiger partial charge in [0.2, 0.25) is 0 Å². The van der Waals surface area contributed by atoms with E-state index in [1.807, 2.05) is 20.8 Å². The third kappa shape index (κ3) is 2.96. The molecule has 1 aromatic rings. The molecule has 0 aromatic heterocycles. The normalized spacial score (nSPS) is 17.4. The van der Waals surface area contributed by atoms with Crippen molar-refractivity contribution in [3.8, 4) is 0 Å². The van der Waals surface area contributed by atoms with Crippen LogP contribution in [0.4, 0.5) is 10.1 Å². The Kier molecular flexibility index (Phi) is 3.33. The van der Waals surface area contributed by atoms with Gasteiger partial charge in [-0.05, 0) is 18.2 Å². The van der Waals surface area contributed by atoms with Gasteiger partial charge in [0, 0.05) is 5.41 Å². The van der Waals surface area contributed by atoms with Gasteiger partial charge in [-0.15, -0.1) is 5.10 Å². The molecule has 1 aromatic carbocycles. The largest absolute Gasteiger partial charge is 0.380 e. The third-order valence-corrected chi connectivity index (χ3v) is 2.56. The summed E-state index contributed by atoms with van der Waals surface area (Å²) in [5, 5.41) is 12.0. The minimum Gasteiger partial charge on any atom is -0.380 e. The molecule has 5 nitrogen and oxygen atoms in total. The van der Waals surface area contributed by atoms with Crippen molar-refractivity contribution in [3.05, 3.63) is 30.1 Å². The zero-order valence-electron chi connectivity index (χ0n) is 11.1. The number of hydrazone groups is 1. The van der Waals surface area contributed by atoms with Crippen LogP contribution >= 0.6 is 0 Å². The van der Waals surface area contributed by atoms with Crippen molar-refractivity contribution >= 4 is 22.9 Å². The van der Waals surface area contributed by atoms with Crippen LogP contribution in [0.2, 0.25) is 0 Å². The van der Waals surface area contributed by atoms with Gasteiger partial charge in [-0.3, -0.25) is 5.43 Å². The maximum Gasteiger partial charge on any atom is 0.175 e. The van der Waals surface area contributed by atoms with E-state index in [2.05, 4.69) is 20.7 Å². The summed E-state index contributed by atoms with van der Waals surface area (Å²) in [5.74, 6) is -0.0724. The number of nitrogens with one attached hydrogen (secondary N) is 1. The monoisotopic (exact) mass is 261 g/mol. The van der Waals surface area contributed by atoms with Gasteiger partial charge in [-0.1, -0.05) is 26.8 Å². The highest BCUT2D eigenvalue weighted by atomic mass is 19.1. The Bertz CT molecular complexity index is 581. The lowest BCUT2D eigenvalue weighted by Gasteiger charge is -2.18. The van der Waals surface area contributed by atoms with E-state index in [0.717, 1.165) is 0 Å². The Morgan fingerprint density at radius 2 is 2.00 bits per heavy atom. The van der Waals surface area contributed by atoms with Crippen molar-refractivity contribution in [3.63, 3.8) is 0 Å². The van der Waals surface area contributed by atoms with E-state index in [9.17, 15) is 4.39 Å². The van der Waals surface area contributed by atoms with Crippen molar-refractivity contribution in [1.82, 2.24) is 0 Å². The van der Waals surface area contributed by atoms with Gasteiger partial charge in [0.1, 0.15) is 5.82 Å². The number of nitrogens with two attached hydrogens (primary N) is 1. The van der Waals surface area contributed by atoms with Crippen molar-refractivity contribution in [2.45, 2.75) is 20.8 Å². The van der Waals surface area contributed by atoms with Crippen LogP contribution in [-0.2, 0) is 0 Å². The number of nitrogens with zero attached hydrogens (tertiary/aromatic N) is 3. The lowest BCUT2D eigenvalue weighted by atomic mass is 9.87. The molecule has 0 unspecified atom stereocenters. The average molecular weight is 261 g/mol. The fraction of sp³-hybridized carbons (Fsp3) is 0.308. The number of anilines is 1. The highest BCUT2D eigenvalue weighted by Gasteiger charge is 2.30. The second-order valence-electron chi connectivity index (χ2n) is 5.27. The van der Waals surface area contributed by atoms with Gasteiger partial charge in [-0.25, -0.2) is 4.39 Å². The van der Waals surface area contributed by atoms with E-state index in [-0.39, 0.29) is 17.1 Å². The van der Waals surface area contributed by atoms with Crippen LogP contribution in [0.25, 0.3) is 0 Å². The zero-order valence-corrected chi connectivity index (χ0v) is 11.1. The van der Waals surface area contributed by atoms with E-state index < -0.39 is 0 Å². The molecular formula is C13H16FN5. The molecule has 0 bridgehead atoms. The van der Waals surface area contributed by atoms with Crippen molar-refractivity contribution in [2.24, 2.45) is 26.5 Å². The molecule has 2 rings (SSSR count). The van der Waals surface area contributed by atoms with Crippen LogP contribution in [0.3, 0.4) is 0 Å². The maximum atomic E-state index is 13.0. The van der Waals surface area contributed by atoms with E-state index in [1.165, 1.54) is 12.1 Å². The van der Waals surface area contributed by atoms with Gasteiger partial charge < -0.3 is 5.73 Å². The molecule has 0 saturated heterocycles. The first-order valence-electron chi connectivity index (χ1n) is 5.89. The summed E-state index contributed by atoms with van der Waals surface area (Å²) >= 11 is 0. The summed E-state index contributed by atoms with van der Waals surface area (Å²) < 4.78 is 13.0. The Labute approximate surface area is 111 Å². The first kappa shape index (κ1) is 13.2. The van der Waals surface area contributed by atoms with Gasteiger partial charge in [0.25, 0.3) is 0 Å². The minimum absolute atomic E-state index is 0.215. The van der Waals surface area contributed by atoms with Crippen LogP contribution in [0.15, 0.2) is 39.6 Å². The van der Waals surface area contributed by atoms with E-state index in [0.29, 0.717) is 17.1 Å². The maximum absolute atomic E-state index is 13.0. The standard InChI is InChI=1S/C13H16FN5/c1-13(2,3)11-10(12(15)19-18-11)17-16-9-6-4-5-8(14)7-9/h4-7,16H,1-3H3,(H2,15,17,19). The number of halogens is 1. The van der Waals surface area contributed by atoms with Gasteiger partial charge in [0.05, 0.1) is 11.4 Å². The predicted molar refractivity (Wildman–Crippen MR) is 76.0 cm³/mol. The molecule has 3 N–H and O–H groups in total. The van der Waals surface area contributed by atoms with E-state index >= 15 is 0 Å². The number of rotatable bonds is 2. The lowest BCUT2D eigenvalue weighted by Crippen LogP contribution is -2.35. The summed E-state index contributed by atoms with van der Waals surface area (Å²) in [6, 6.07) is 6.03. The summed E-state index contributed by atoms with van der Waals surface area (Å²) in [6.07, 6.45) is 0. The van der Waals surface area contributed by atoms with Crippen molar-refractivity contribution in [2.75, 3.05) is 5.43 Å². The lowest BCUT2D eigenvalue weighted by molar-refractivity contribution is 0.597. The number of benzene rings is 1. The topological polar surface area (TPSA) is 75.1 Å². The molecule has 0 fully saturated rings. The Morgan fingerprint density at radius 3 is 2.63 bits per heavy atom. The average Bonchev–Trinajstić information content (AvgIpc) is 2.68. The highest BCUT2D eigenvalue weighted by molar-refractivity contribution is 6.70. The third-order valence-electron chi connectivity index (χ3n) is 2.56. The van der Waals surface area contributed by atoms with Crippen LogP contribution in [0, 0.1) is 11.2 Å². The van der Waals surface area contributed by atoms with Crippen molar-refractivity contribution in [1.29, 1.82) is 0 Å². The number of amidine groups is 1. The van der Waals surface area contributed by atoms with Gasteiger partial charge in [-0.2, -0.15) is 10.2 Å². The van der Waals surface area contributed by atoms with Gasteiger partial charge in [0.15, 0.2) is 11.5 Å². The predicted octanol–water partition coefficient (Wildman–Crippen LogP) is 2.37. The summed E-state index contributed by atoms with van der Waals surface area (Å²) in [6.45, 7) is 5.99. The molecule has 1 aliphatic rings. The number of hydrogen-bond acceptors (Lipinski definition) is 5. The highest BCUT2D eigenvalue weighted by Crippen LogP contribution is 2.20. The Morgan fingerprint density at radius 1 is 1.26 bits per heavy atom. The summed E-state index contributed by atoms with van der Waals surface area (Å²) in [5.41, 5.74) is 10.0. The fourth-order valence-electron chi connectivity index (χ4n) is 1.61. The minimum atomic E-state index is -0.331. The molecule has 0 saturated carbocycles. The second-order valence-corrected chi connectivity index (χ2v) is 5.27. The first-order valence-corrected chi connectivity index (χ1v) is 5.89. The van der Waals surface area contributed by atoms with Crippen LogP contribution < -0.4 is 11.2 Å². The molecule has 0 spiro atoms. The molecule has 19 heavy (non-hydrogen) atoms. The smallest absolute Gasteiger partial charge is 0.175 e. The quantitative estimate of drug-likeness (QED) is 0.802. The molecule has 1 aliphatic heterocycles.